The van der Waals surface area contributed by atoms with Crippen LogP contribution in [-0.4, -0.2) is 27.0 Å². The molecule has 0 aliphatic heterocycles. The van der Waals surface area contributed by atoms with E-state index >= 15 is 0 Å². The van der Waals surface area contributed by atoms with Crippen LogP contribution < -0.4 is 5.32 Å². The van der Waals surface area contributed by atoms with E-state index in [0.29, 0.717) is 13.0 Å². The Morgan fingerprint density at radius 1 is 1.44 bits per heavy atom. The van der Waals surface area contributed by atoms with Gasteiger partial charge in [0.15, 0.2) is 0 Å². The number of nitrogens with one attached hydrogen (secondary N) is 1. The number of pyridine rings is 1. The molecule has 0 aliphatic rings. The van der Waals surface area contributed by atoms with Crippen molar-refractivity contribution in [1.29, 1.82) is 0 Å². The van der Waals surface area contributed by atoms with Crippen molar-refractivity contribution in [2.24, 2.45) is 7.05 Å². The van der Waals surface area contributed by atoms with Gasteiger partial charge in [-0.25, -0.2) is 9.97 Å². The van der Waals surface area contributed by atoms with Crippen LogP contribution in [0.3, 0.4) is 0 Å². The van der Waals surface area contributed by atoms with Crippen LogP contribution in [0.5, 0.6) is 0 Å². The van der Waals surface area contributed by atoms with Crippen molar-refractivity contribution in [3.63, 3.8) is 0 Å². The SMILES string of the molecule is Cn1ccnc1CCNC(=O)c1cccnc1F. The van der Waals surface area contributed by atoms with Gasteiger partial charge in [0.2, 0.25) is 5.95 Å². The van der Waals surface area contributed by atoms with Crippen LogP contribution in [-0.2, 0) is 13.5 Å². The summed E-state index contributed by atoms with van der Waals surface area (Å²) in [5.41, 5.74) is -0.0441. The first-order valence-corrected chi connectivity index (χ1v) is 5.53. The van der Waals surface area contributed by atoms with Crippen LogP contribution in [0.1, 0.15) is 16.2 Å². The summed E-state index contributed by atoms with van der Waals surface area (Å²) in [4.78, 5) is 19.2. The van der Waals surface area contributed by atoms with E-state index < -0.39 is 11.9 Å². The summed E-state index contributed by atoms with van der Waals surface area (Å²) in [6, 6.07) is 2.93. The van der Waals surface area contributed by atoms with E-state index in [-0.39, 0.29) is 5.56 Å². The monoisotopic (exact) mass is 248 g/mol. The topological polar surface area (TPSA) is 59.8 Å². The molecule has 0 saturated heterocycles. The zero-order valence-corrected chi connectivity index (χ0v) is 9.93. The standard InChI is InChI=1S/C12H13FN4O/c1-17-8-7-14-10(17)4-6-16-12(18)9-3-2-5-15-11(9)13/h2-3,5,7-8H,4,6H2,1H3,(H,16,18). The number of halogens is 1. The van der Waals surface area contributed by atoms with E-state index in [2.05, 4.69) is 15.3 Å². The Morgan fingerprint density at radius 2 is 2.28 bits per heavy atom. The Bertz CT molecular complexity index is 553. The van der Waals surface area contributed by atoms with Crippen molar-refractivity contribution >= 4 is 5.91 Å². The molecule has 2 heterocycles. The predicted octanol–water partition coefficient (Wildman–Crippen LogP) is 0.927. The number of carbonyl (C=O) groups is 1. The fourth-order valence-electron chi connectivity index (χ4n) is 1.58. The lowest BCUT2D eigenvalue weighted by molar-refractivity contribution is 0.0949. The van der Waals surface area contributed by atoms with Crippen LogP contribution in [0.15, 0.2) is 30.7 Å². The molecule has 6 heteroatoms. The highest BCUT2D eigenvalue weighted by molar-refractivity contribution is 5.94. The molecule has 0 aliphatic carbocycles. The highest BCUT2D eigenvalue weighted by atomic mass is 19.1. The summed E-state index contributed by atoms with van der Waals surface area (Å²) in [6.45, 7) is 0.401. The smallest absolute Gasteiger partial charge is 0.255 e. The average Bonchev–Trinajstić information content (AvgIpc) is 2.75. The molecule has 1 amide bonds. The third-order valence-electron chi connectivity index (χ3n) is 2.56. The predicted molar refractivity (Wildman–Crippen MR) is 63.4 cm³/mol. The number of hydrogen-bond acceptors (Lipinski definition) is 3. The number of rotatable bonds is 4. The Labute approximate surface area is 104 Å². The van der Waals surface area contributed by atoms with E-state index in [0.717, 1.165) is 5.82 Å². The Kier molecular flexibility index (Phi) is 3.66. The third-order valence-corrected chi connectivity index (χ3v) is 2.56. The van der Waals surface area contributed by atoms with Gasteiger partial charge in [-0.15, -0.1) is 0 Å². The van der Waals surface area contributed by atoms with Gasteiger partial charge in [-0.05, 0) is 12.1 Å². The molecular formula is C12H13FN4O. The van der Waals surface area contributed by atoms with Crippen molar-refractivity contribution in [3.05, 3.63) is 48.1 Å². The highest BCUT2D eigenvalue weighted by Crippen LogP contribution is 2.02. The summed E-state index contributed by atoms with van der Waals surface area (Å²) < 4.78 is 15.1. The van der Waals surface area contributed by atoms with Gasteiger partial charge in [-0.2, -0.15) is 4.39 Å². The Balaban J connectivity index is 1.90. The average molecular weight is 248 g/mol. The summed E-state index contributed by atoms with van der Waals surface area (Å²) in [5, 5.41) is 2.63. The van der Waals surface area contributed by atoms with Gasteiger partial charge in [0, 0.05) is 38.6 Å². The molecule has 2 aromatic heterocycles. The molecule has 5 nitrogen and oxygen atoms in total. The van der Waals surface area contributed by atoms with Gasteiger partial charge in [0.25, 0.3) is 5.91 Å². The second kappa shape index (κ2) is 5.39. The molecule has 0 saturated carbocycles. The van der Waals surface area contributed by atoms with Gasteiger partial charge in [-0.3, -0.25) is 4.79 Å². The van der Waals surface area contributed by atoms with Crippen molar-refractivity contribution in [2.75, 3.05) is 6.54 Å². The van der Waals surface area contributed by atoms with Crippen molar-refractivity contribution in [3.8, 4) is 0 Å². The number of imidazole rings is 1. The van der Waals surface area contributed by atoms with Crippen LogP contribution in [0.25, 0.3) is 0 Å². The van der Waals surface area contributed by atoms with Gasteiger partial charge in [0.1, 0.15) is 5.82 Å². The van der Waals surface area contributed by atoms with Gasteiger partial charge in [0.05, 0.1) is 5.56 Å². The number of aromatic nitrogens is 3. The second-order valence-electron chi connectivity index (χ2n) is 3.80. The number of carbonyl (C=O) groups excluding carboxylic acids is 1. The molecular weight excluding hydrogens is 235 g/mol. The van der Waals surface area contributed by atoms with Crippen LogP contribution in [0, 0.1) is 5.95 Å². The molecule has 0 fully saturated rings. The molecule has 0 atom stereocenters. The highest BCUT2D eigenvalue weighted by Gasteiger charge is 2.11. The van der Waals surface area contributed by atoms with Crippen LogP contribution in [0.2, 0.25) is 0 Å². The fourth-order valence-corrected chi connectivity index (χ4v) is 1.58. The molecule has 2 aromatic rings. The Hall–Kier alpha value is -2.24. The molecule has 1 N–H and O–H groups in total. The number of hydrogen-bond donors (Lipinski definition) is 1. The van der Waals surface area contributed by atoms with E-state index in [4.69, 9.17) is 0 Å². The lowest BCUT2D eigenvalue weighted by atomic mass is 10.2. The molecule has 0 aromatic carbocycles. The van der Waals surface area contributed by atoms with Crippen LogP contribution >= 0.6 is 0 Å². The van der Waals surface area contributed by atoms with Gasteiger partial charge in [-0.1, -0.05) is 0 Å². The zero-order chi connectivity index (χ0) is 13.0. The molecule has 94 valence electrons. The number of aryl methyl sites for hydroxylation is 1. The second-order valence-corrected chi connectivity index (χ2v) is 3.80. The van der Waals surface area contributed by atoms with Crippen molar-refractivity contribution < 1.29 is 9.18 Å². The maximum absolute atomic E-state index is 13.2. The van der Waals surface area contributed by atoms with E-state index in [1.54, 1.807) is 6.20 Å². The minimum absolute atomic E-state index is 0.0441. The maximum Gasteiger partial charge on any atom is 0.255 e. The quantitative estimate of drug-likeness (QED) is 0.819. The first-order valence-electron chi connectivity index (χ1n) is 5.53. The van der Waals surface area contributed by atoms with Gasteiger partial charge < -0.3 is 9.88 Å². The molecule has 0 bridgehead atoms. The fraction of sp³-hybridized carbons (Fsp3) is 0.250. The number of amides is 1. The minimum Gasteiger partial charge on any atom is -0.351 e. The van der Waals surface area contributed by atoms with Crippen LogP contribution in [0.4, 0.5) is 4.39 Å². The minimum atomic E-state index is -0.757. The summed E-state index contributed by atoms with van der Waals surface area (Å²) >= 11 is 0. The summed E-state index contributed by atoms with van der Waals surface area (Å²) in [5.74, 6) is -0.358. The number of nitrogens with zero attached hydrogens (tertiary/aromatic N) is 3. The third kappa shape index (κ3) is 2.71. The summed E-state index contributed by atoms with van der Waals surface area (Å²) in [7, 11) is 1.88. The largest absolute Gasteiger partial charge is 0.351 e. The first-order chi connectivity index (χ1) is 8.68. The van der Waals surface area contributed by atoms with Crippen molar-refractivity contribution in [2.45, 2.75) is 6.42 Å². The molecule has 0 spiro atoms. The maximum atomic E-state index is 13.2. The van der Waals surface area contributed by atoms with Gasteiger partial charge >= 0.3 is 0 Å². The molecule has 0 unspecified atom stereocenters. The first kappa shape index (κ1) is 12.2. The van der Waals surface area contributed by atoms with E-state index in [1.165, 1.54) is 18.3 Å². The lowest BCUT2D eigenvalue weighted by Crippen LogP contribution is -2.27. The zero-order valence-electron chi connectivity index (χ0n) is 9.93. The lowest BCUT2D eigenvalue weighted by Gasteiger charge is -2.05. The molecule has 0 radical (unpaired) electrons. The van der Waals surface area contributed by atoms with E-state index in [1.807, 2.05) is 17.8 Å². The van der Waals surface area contributed by atoms with E-state index in [9.17, 15) is 9.18 Å². The van der Waals surface area contributed by atoms with Crippen molar-refractivity contribution in [1.82, 2.24) is 19.9 Å². The molecule has 18 heavy (non-hydrogen) atoms. The molecule has 2 rings (SSSR count). The Morgan fingerprint density at radius 3 is 2.94 bits per heavy atom. The summed E-state index contributed by atoms with van der Waals surface area (Å²) in [6.07, 6.45) is 5.42. The normalized spacial score (nSPS) is 10.3.